The van der Waals surface area contributed by atoms with E-state index >= 15 is 0 Å². The van der Waals surface area contributed by atoms with Crippen molar-refractivity contribution in [1.29, 1.82) is 0 Å². The predicted octanol–water partition coefficient (Wildman–Crippen LogP) is 4.55. The molecule has 16 heavy (non-hydrogen) atoms. The summed E-state index contributed by atoms with van der Waals surface area (Å²) in [6.45, 7) is 6.44. The van der Waals surface area contributed by atoms with E-state index < -0.39 is 0 Å². The summed E-state index contributed by atoms with van der Waals surface area (Å²) in [7, 11) is 0. The maximum absolute atomic E-state index is 3.94. The van der Waals surface area contributed by atoms with Crippen LogP contribution in [0.5, 0.6) is 0 Å². The van der Waals surface area contributed by atoms with Crippen LogP contribution in [0.2, 0.25) is 0 Å². The molecule has 0 heterocycles. The zero-order valence-electron chi connectivity index (χ0n) is 10.1. The van der Waals surface area contributed by atoms with Gasteiger partial charge in [0.25, 0.3) is 0 Å². The molecule has 84 valence electrons. The van der Waals surface area contributed by atoms with Crippen LogP contribution in [0.15, 0.2) is 24.8 Å². The summed E-state index contributed by atoms with van der Waals surface area (Å²) in [5.41, 5.74) is 5.17. The fraction of sp³-hybridized carbons (Fsp3) is 0.500. The molecule has 0 amide bonds. The van der Waals surface area contributed by atoms with Gasteiger partial charge in [-0.2, -0.15) is 0 Å². The zero-order valence-corrected chi connectivity index (χ0v) is 10.1. The van der Waals surface area contributed by atoms with Gasteiger partial charge in [-0.25, -0.2) is 0 Å². The first-order valence-electron chi connectivity index (χ1n) is 6.49. The first-order valence-corrected chi connectivity index (χ1v) is 6.49. The Bertz CT molecular complexity index is 430. The van der Waals surface area contributed by atoms with Crippen LogP contribution >= 0.6 is 0 Å². The van der Waals surface area contributed by atoms with E-state index in [1.807, 2.05) is 6.08 Å². The van der Waals surface area contributed by atoms with Crippen LogP contribution < -0.4 is 0 Å². The Morgan fingerprint density at radius 1 is 1.38 bits per heavy atom. The highest BCUT2D eigenvalue weighted by molar-refractivity contribution is 5.56. The molecule has 0 saturated heterocycles. The van der Waals surface area contributed by atoms with Gasteiger partial charge >= 0.3 is 0 Å². The van der Waals surface area contributed by atoms with Crippen LogP contribution in [0, 0.1) is 5.41 Å². The second kappa shape index (κ2) is 3.48. The molecule has 2 atom stereocenters. The van der Waals surface area contributed by atoms with Gasteiger partial charge in [0.15, 0.2) is 0 Å². The van der Waals surface area contributed by atoms with Gasteiger partial charge in [0.1, 0.15) is 0 Å². The van der Waals surface area contributed by atoms with Gasteiger partial charge in [-0.15, -0.1) is 0 Å². The Kier molecular flexibility index (Phi) is 2.20. The minimum Gasteiger partial charge on any atom is -0.0985 e. The van der Waals surface area contributed by atoms with Crippen molar-refractivity contribution in [3.63, 3.8) is 0 Å². The third-order valence-corrected chi connectivity index (χ3v) is 4.87. The first-order chi connectivity index (χ1) is 7.74. The van der Waals surface area contributed by atoms with E-state index in [1.165, 1.54) is 37.7 Å². The van der Waals surface area contributed by atoms with E-state index in [-0.39, 0.29) is 0 Å². The molecule has 0 radical (unpaired) electrons. The third kappa shape index (κ3) is 1.29. The molecule has 0 nitrogen and oxygen atoms in total. The molecule has 0 N–H and O–H groups in total. The summed E-state index contributed by atoms with van der Waals surface area (Å²) in [6.07, 6.45) is 8.88. The van der Waals surface area contributed by atoms with Crippen LogP contribution in [0.25, 0.3) is 6.08 Å². The van der Waals surface area contributed by atoms with Crippen molar-refractivity contribution in [3.05, 3.63) is 41.5 Å². The Hall–Kier alpha value is -1.04. The topological polar surface area (TPSA) is 0 Å². The standard InChI is InChI=1S/C16H20/c1-3-12-6-4-7-14-13(12)9-11-16(2)10-5-8-15(14)16/h3-4,6-7,15H,1,5,8-11H2,2H3/t15-,16+/m0/s1. The lowest BCUT2D eigenvalue weighted by Gasteiger charge is -2.38. The molecule has 0 heteroatoms. The average Bonchev–Trinajstić information content (AvgIpc) is 2.70. The van der Waals surface area contributed by atoms with Crippen LogP contribution in [0.3, 0.4) is 0 Å². The molecule has 0 bridgehead atoms. The van der Waals surface area contributed by atoms with Crippen LogP contribution in [-0.2, 0) is 6.42 Å². The summed E-state index contributed by atoms with van der Waals surface area (Å²) in [5, 5.41) is 0. The second-order valence-corrected chi connectivity index (χ2v) is 5.72. The van der Waals surface area contributed by atoms with Crippen molar-refractivity contribution in [1.82, 2.24) is 0 Å². The summed E-state index contributed by atoms with van der Waals surface area (Å²) in [6, 6.07) is 6.78. The number of hydrogen-bond acceptors (Lipinski definition) is 0. The van der Waals surface area contributed by atoms with Gasteiger partial charge in [-0.1, -0.05) is 44.2 Å². The normalized spacial score (nSPS) is 31.9. The Labute approximate surface area is 98.4 Å². The maximum atomic E-state index is 3.94. The van der Waals surface area contributed by atoms with Crippen molar-refractivity contribution in [2.75, 3.05) is 0 Å². The number of hydrogen-bond donors (Lipinski definition) is 0. The van der Waals surface area contributed by atoms with Crippen molar-refractivity contribution >= 4 is 6.08 Å². The van der Waals surface area contributed by atoms with Crippen molar-refractivity contribution in [2.24, 2.45) is 5.41 Å². The molecular weight excluding hydrogens is 192 g/mol. The van der Waals surface area contributed by atoms with Gasteiger partial charge in [-0.05, 0) is 53.7 Å². The summed E-state index contributed by atoms with van der Waals surface area (Å²) in [4.78, 5) is 0. The van der Waals surface area contributed by atoms with E-state index in [0.717, 1.165) is 5.92 Å². The molecule has 0 spiro atoms. The molecule has 0 aliphatic heterocycles. The SMILES string of the molecule is C=Cc1cccc2c1CC[C@@]1(C)CCC[C@@H]21. The highest BCUT2D eigenvalue weighted by Crippen LogP contribution is 2.55. The van der Waals surface area contributed by atoms with E-state index in [1.54, 1.807) is 11.1 Å². The smallest absolute Gasteiger partial charge is 0.0105 e. The lowest BCUT2D eigenvalue weighted by atomic mass is 9.66. The molecule has 2 aliphatic carbocycles. The Morgan fingerprint density at radius 3 is 3.06 bits per heavy atom. The molecule has 0 aromatic heterocycles. The second-order valence-electron chi connectivity index (χ2n) is 5.72. The lowest BCUT2D eigenvalue weighted by Crippen LogP contribution is -2.26. The van der Waals surface area contributed by atoms with Crippen LogP contribution in [0.4, 0.5) is 0 Å². The molecule has 1 saturated carbocycles. The molecule has 0 unspecified atom stereocenters. The number of rotatable bonds is 1. The monoisotopic (exact) mass is 212 g/mol. The van der Waals surface area contributed by atoms with E-state index in [9.17, 15) is 0 Å². The van der Waals surface area contributed by atoms with E-state index in [0.29, 0.717) is 5.41 Å². The van der Waals surface area contributed by atoms with Crippen molar-refractivity contribution in [3.8, 4) is 0 Å². The van der Waals surface area contributed by atoms with Crippen molar-refractivity contribution < 1.29 is 0 Å². The van der Waals surface area contributed by atoms with Gasteiger partial charge in [0, 0.05) is 0 Å². The fourth-order valence-electron chi connectivity index (χ4n) is 3.90. The highest BCUT2D eigenvalue weighted by Gasteiger charge is 2.42. The molecule has 3 rings (SSSR count). The van der Waals surface area contributed by atoms with Crippen LogP contribution in [0.1, 0.15) is 55.2 Å². The molecule has 2 aliphatic rings. The Balaban J connectivity index is 2.13. The molecular formula is C16H20. The minimum atomic E-state index is 0.590. The highest BCUT2D eigenvalue weighted by atomic mass is 14.5. The summed E-state index contributed by atoms with van der Waals surface area (Å²) >= 11 is 0. The largest absolute Gasteiger partial charge is 0.0985 e. The van der Waals surface area contributed by atoms with E-state index in [4.69, 9.17) is 0 Å². The molecule has 1 aromatic carbocycles. The van der Waals surface area contributed by atoms with Gasteiger partial charge in [0.2, 0.25) is 0 Å². The average molecular weight is 212 g/mol. The summed E-state index contributed by atoms with van der Waals surface area (Å²) < 4.78 is 0. The van der Waals surface area contributed by atoms with Gasteiger partial charge in [0.05, 0.1) is 0 Å². The van der Waals surface area contributed by atoms with E-state index in [2.05, 4.69) is 31.7 Å². The number of benzene rings is 1. The molecule has 1 aromatic rings. The van der Waals surface area contributed by atoms with Crippen molar-refractivity contribution in [2.45, 2.75) is 44.9 Å². The summed E-state index contributed by atoms with van der Waals surface area (Å²) in [5.74, 6) is 0.816. The van der Waals surface area contributed by atoms with Gasteiger partial charge < -0.3 is 0 Å². The zero-order chi connectivity index (χ0) is 11.2. The maximum Gasteiger partial charge on any atom is -0.0105 e. The van der Waals surface area contributed by atoms with Crippen LogP contribution in [-0.4, -0.2) is 0 Å². The molecule has 1 fully saturated rings. The van der Waals surface area contributed by atoms with Gasteiger partial charge in [-0.3, -0.25) is 0 Å². The first kappa shape index (κ1) is 10.1. The minimum absolute atomic E-state index is 0.590. The Morgan fingerprint density at radius 2 is 2.25 bits per heavy atom. The quantitative estimate of drug-likeness (QED) is 0.640. The number of fused-ring (bicyclic) bond motifs is 3. The predicted molar refractivity (Wildman–Crippen MR) is 69.6 cm³/mol. The third-order valence-electron chi connectivity index (χ3n) is 4.87. The fourth-order valence-corrected chi connectivity index (χ4v) is 3.90. The lowest BCUT2D eigenvalue weighted by molar-refractivity contribution is 0.252.